The van der Waals surface area contributed by atoms with Crippen LogP contribution in [0.25, 0.3) is 0 Å². The van der Waals surface area contributed by atoms with Crippen molar-refractivity contribution < 1.29 is 10.2 Å². The molecule has 0 aromatic rings. The van der Waals surface area contributed by atoms with Crippen molar-refractivity contribution in [1.29, 1.82) is 0 Å². The molecule has 0 amide bonds. The number of rotatable bonds is 1. The van der Waals surface area contributed by atoms with Crippen molar-refractivity contribution in [2.24, 2.45) is 23.2 Å². The third-order valence-electron chi connectivity index (χ3n) is 4.02. The Kier molecular flexibility index (Phi) is 0.744. The van der Waals surface area contributed by atoms with Gasteiger partial charge in [-0.2, -0.15) is 0 Å². The van der Waals surface area contributed by atoms with Gasteiger partial charge >= 0.3 is 0 Å². The van der Waals surface area contributed by atoms with Crippen molar-refractivity contribution in [3.63, 3.8) is 0 Å². The molecule has 0 aromatic carbocycles. The van der Waals surface area contributed by atoms with Gasteiger partial charge in [0.2, 0.25) is 0 Å². The molecule has 0 heterocycles. The van der Waals surface area contributed by atoms with Gasteiger partial charge in [0.1, 0.15) is 11.9 Å². The standard InChI is InChI=1S/C11H10O2/c12-6-3-1-2-5(4-7(6)13)11-8-9(11)10(8)11/h1-4,6,8-10,12-13H. The second kappa shape index (κ2) is 1.50. The molecule has 4 fully saturated rings. The van der Waals surface area contributed by atoms with Crippen LogP contribution in [0.3, 0.4) is 0 Å². The van der Waals surface area contributed by atoms with Crippen molar-refractivity contribution >= 4 is 0 Å². The Bertz CT molecular complexity index is 375. The van der Waals surface area contributed by atoms with Gasteiger partial charge in [0.25, 0.3) is 0 Å². The Morgan fingerprint density at radius 2 is 1.92 bits per heavy atom. The predicted octanol–water partition coefficient (Wildman–Crippen LogP) is 1.16. The average Bonchev–Trinajstić information content (AvgIpc) is 2.95. The molecule has 5 aliphatic carbocycles. The Morgan fingerprint density at radius 3 is 2.54 bits per heavy atom. The van der Waals surface area contributed by atoms with E-state index in [1.54, 1.807) is 12.2 Å². The van der Waals surface area contributed by atoms with E-state index in [1.807, 2.05) is 12.2 Å². The van der Waals surface area contributed by atoms with E-state index in [2.05, 4.69) is 0 Å². The van der Waals surface area contributed by atoms with Gasteiger partial charge in [-0.1, -0.05) is 12.2 Å². The molecule has 0 radical (unpaired) electrons. The molecule has 13 heavy (non-hydrogen) atoms. The van der Waals surface area contributed by atoms with E-state index in [1.165, 1.54) is 5.57 Å². The molecule has 0 spiro atoms. The predicted molar refractivity (Wildman–Crippen MR) is 46.8 cm³/mol. The number of hydrogen-bond donors (Lipinski definition) is 2. The molecule has 5 aliphatic rings. The molecule has 1 atom stereocenters. The monoisotopic (exact) mass is 174 g/mol. The molecule has 2 N–H and O–H groups in total. The average molecular weight is 174 g/mol. The van der Waals surface area contributed by atoms with Crippen molar-refractivity contribution in [2.45, 2.75) is 6.10 Å². The summed E-state index contributed by atoms with van der Waals surface area (Å²) in [5.74, 6) is 2.94. The minimum atomic E-state index is -0.809. The topological polar surface area (TPSA) is 40.5 Å². The van der Waals surface area contributed by atoms with E-state index in [9.17, 15) is 10.2 Å². The van der Waals surface area contributed by atoms with E-state index in [-0.39, 0.29) is 5.76 Å². The smallest absolute Gasteiger partial charge is 0.129 e. The normalized spacial score (nSPS) is 58.8. The van der Waals surface area contributed by atoms with Gasteiger partial charge in [-0.3, -0.25) is 0 Å². The summed E-state index contributed by atoms with van der Waals surface area (Å²) in [6, 6.07) is 0. The third kappa shape index (κ3) is 0.527. The summed E-state index contributed by atoms with van der Waals surface area (Å²) < 4.78 is 0. The van der Waals surface area contributed by atoms with Crippen LogP contribution in [0.2, 0.25) is 0 Å². The summed E-state index contributed by atoms with van der Waals surface area (Å²) in [5.41, 5.74) is 1.72. The summed E-state index contributed by atoms with van der Waals surface area (Å²) in [5, 5.41) is 18.8. The van der Waals surface area contributed by atoms with Crippen LogP contribution in [-0.4, -0.2) is 16.3 Å². The van der Waals surface area contributed by atoms with Gasteiger partial charge in [-0.25, -0.2) is 0 Å². The maximum atomic E-state index is 9.47. The van der Waals surface area contributed by atoms with E-state index in [0.717, 1.165) is 17.8 Å². The lowest BCUT2D eigenvalue weighted by molar-refractivity contribution is 0.193. The minimum absolute atomic E-state index is 0.0892. The first-order valence-electron chi connectivity index (χ1n) is 4.75. The second-order valence-corrected chi connectivity index (χ2v) is 4.53. The minimum Gasteiger partial charge on any atom is -0.509 e. The summed E-state index contributed by atoms with van der Waals surface area (Å²) >= 11 is 0. The van der Waals surface area contributed by atoms with Crippen LogP contribution >= 0.6 is 0 Å². The third-order valence-corrected chi connectivity index (χ3v) is 4.02. The molecule has 2 nitrogen and oxygen atoms in total. The number of aliphatic hydroxyl groups is 2. The van der Waals surface area contributed by atoms with Gasteiger partial charge < -0.3 is 10.2 Å². The van der Waals surface area contributed by atoms with Crippen LogP contribution in [0.15, 0.2) is 35.6 Å². The summed E-state index contributed by atoms with van der Waals surface area (Å²) in [6.45, 7) is 0. The van der Waals surface area contributed by atoms with Crippen molar-refractivity contribution in [1.82, 2.24) is 0 Å². The van der Waals surface area contributed by atoms with Crippen LogP contribution < -0.4 is 0 Å². The van der Waals surface area contributed by atoms with E-state index in [0.29, 0.717) is 5.41 Å². The molecule has 5 rings (SSSR count). The Morgan fingerprint density at radius 1 is 1.23 bits per heavy atom. The molecular formula is C11H10O2. The lowest BCUT2D eigenvalue weighted by atomic mass is 10.1. The Labute approximate surface area is 75.9 Å². The molecule has 0 aromatic heterocycles. The molecular weight excluding hydrogens is 164 g/mol. The number of allylic oxidation sites excluding steroid dienone is 4. The van der Waals surface area contributed by atoms with Crippen molar-refractivity contribution in [3.8, 4) is 0 Å². The van der Waals surface area contributed by atoms with Crippen molar-refractivity contribution in [2.75, 3.05) is 0 Å². The van der Waals surface area contributed by atoms with Gasteiger partial charge in [-0.15, -0.1) is 0 Å². The van der Waals surface area contributed by atoms with E-state index >= 15 is 0 Å². The van der Waals surface area contributed by atoms with Gasteiger partial charge in [0, 0.05) is 5.41 Å². The largest absolute Gasteiger partial charge is 0.509 e. The van der Waals surface area contributed by atoms with Crippen molar-refractivity contribution in [3.05, 3.63) is 35.6 Å². The lowest BCUT2D eigenvalue weighted by Crippen LogP contribution is -2.05. The first-order chi connectivity index (χ1) is 6.28. The number of aliphatic hydroxyl groups excluding tert-OH is 2. The van der Waals surface area contributed by atoms with E-state index < -0.39 is 6.10 Å². The van der Waals surface area contributed by atoms with Gasteiger partial charge in [-0.05, 0) is 35.5 Å². The van der Waals surface area contributed by atoms with Gasteiger partial charge in [0.05, 0.1) is 0 Å². The summed E-state index contributed by atoms with van der Waals surface area (Å²) in [6.07, 6.45) is 6.44. The highest BCUT2D eigenvalue weighted by atomic mass is 16.3. The van der Waals surface area contributed by atoms with Gasteiger partial charge in [0.15, 0.2) is 0 Å². The molecule has 4 saturated carbocycles. The SMILES string of the molecule is OC1=CC(C23C4C2C43)=CC=CC1O. The summed E-state index contributed by atoms with van der Waals surface area (Å²) in [7, 11) is 0. The fourth-order valence-corrected chi connectivity index (χ4v) is 2.85. The Balaban J connectivity index is 1.76. The highest BCUT2D eigenvalue weighted by Crippen LogP contribution is 3.11. The number of hydrogen-bond acceptors (Lipinski definition) is 2. The maximum absolute atomic E-state index is 9.47. The maximum Gasteiger partial charge on any atom is 0.129 e. The first kappa shape index (κ1) is 6.44. The second-order valence-electron chi connectivity index (χ2n) is 4.53. The zero-order valence-corrected chi connectivity index (χ0v) is 7.01. The Hall–Kier alpha value is -1.02. The van der Waals surface area contributed by atoms with Crippen LogP contribution in [-0.2, 0) is 0 Å². The highest BCUT2D eigenvalue weighted by Gasteiger charge is 3.09. The molecule has 0 bridgehead atoms. The lowest BCUT2D eigenvalue weighted by Gasteiger charge is -2.02. The van der Waals surface area contributed by atoms with Crippen LogP contribution in [0.1, 0.15) is 0 Å². The molecule has 66 valence electrons. The fourth-order valence-electron chi connectivity index (χ4n) is 2.85. The molecule has 0 aliphatic heterocycles. The van der Waals surface area contributed by atoms with Crippen LogP contribution in [0, 0.1) is 23.2 Å². The molecule has 1 unspecified atom stereocenters. The fraction of sp³-hybridized carbons (Fsp3) is 0.455. The summed E-state index contributed by atoms with van der Waals surface area (Å²) in [4.78, 5) is 0. The zero-order chi connectivity index (χ0) is 8.79. The van der Waals surface area contributed by atoms with Crippen LogP contribution in [0.4, 0.5) is 0 Å². The highest BCUT2D eigenvalue weighted by molar-refractivity contribution is 5.67. The zero-order valence-electron chi connectivity index (χ0n) is 7.01. The quantitative estimate of drug-likeness (QED) is 0.626. The first-order valence-corrected chi connectivity index (χ1v) is 4.75. The molecule has 2 heteroatoms. The molecule has 0 saturated heterocycles. The van der Waals surface area contributed by atoms with E-state index in [4.69, 9.17) is 0 Å². The van der Waals surface area contributed by atoms with Crippen LogP contribution in [0.5, 0.6) is 0 Å².